The van der Waals surface area contributed by atoms with Gasteiger partial charge >= 0.3 is 12.0 Å². The summed E-state index contributed by atoms with van der Waals surface area (Å²) in [5.74, 6) is -4.18. The fourth-order valence-electron chi connectivity index (χ4n) is 1.54. The van der Waals surface area contributed by atoms with Crippen LogP contribution in [0.4, 0.5) is 4.79 Å². The smallest absolute Gasteiger partial charge is 0.333 e. The van der Waals surface area contributed by atoms with Gasteiger partial charge in [0.2, 0.25) is 11.8 Å². The van der Waals surface area contributed by atoms with Crippen molar-refractivity contribution in [1.29, 1.82) is 0 Å². The van der Waals surface area contributed by atoms with Gasteiger partial charge < -0.3 is 5.11 Å². The van der Waals surface area contributed by atoms with Crippen LogP contribution < -0.4 is 0 Å². The van der Waals surface area contributed by atoms with Crippen molar-refractivity contribution in [3.05, 3.63) is 12.7 Å². The molecule has 1 heterocycles. The van der Waals surface area contributed by atoms with Gasteiger partial charge in [0, 0.05) is 13.6 Å². The van der Waals surface area contributed by atoms with E-state index in [1.165, 1.54) is 13.1 Å². The number of nitrogens with zero attached hydrogens (tertiary/aromatic N) is 2. The highest BCUT2D eigenvalue weighted by molar-refractivity contribution is 6.16. The Morgan fingerprint density at radius 3 is 2.47 bits per heavy atom. The maximum absolute atomic E-state index is 11.8. The summed E-state index contributed by atoms with van der Waals surface area (Å²) in [5, 5.41) is 8.62. The summed E-state index contributed by atoms with van der Waals surface area (Å²) in [4.78, 5) is 47.1. The van der Waals surface area contributed by atoms with Crippen LogP contribution in [0.15, 0.2) is 12.7 Å². The minimum atomic E-state index is -1.34. The molecule has 4 amide bonds. The number of carbonyl (C=O) groups is 4. The zero-order valence-corrected chi connectivity index (χ0v) is 9.25. The number of carboxylic acid groups (broad SMARTS) is 1. The van der Waals surface area contributed by atoms with E-state index >= 15 is 0 Å². The van der Waals surface area contributed by atoms with Crippen LogP contribution in [0.1, 0.15) is 6.42 Å². The lowest BCUT2D eigenvalue weighted by atomic mass is 10.00. The molecule has 7 nitrogen and oxygen atoms in total. The predicted octanol–water partition coefficient (Wildman–Crippen LogP) is -0.316. The molecule has 0 aromatic carbocycles. The standard InChI is InChI=1S/C10H12N2O5/c1-3-4-12-9(16)6(5-7(13)14)8(15)11(2)10(12)17/h3,6H,1,4-5H2,2H3,(H,13,14). The van der Waals surface area contributed by atoms with E-state index in [-0.39, 0.29) is 6.54 Å². The lowest BCUT2D eigenvalue weighted by molar-refractivity contribution is -0.153. The summed E-state index contributed by atoms with van der Waals surface area (Å²) in [5.41, 5.74) is 0. The van der Waals surface area contributed by atoms with Gasteiger partial charge in [-0.3, -0.25) is 24.2 Å². The van der Waals surface area contributed by atoms with Crippen molar-refractivity contribution in [2.75, 3.05) is 13.6 Å². The van der Waals surface area contributed by atoms with Crippen molar-refractivity contribution in [1.82, 2.24) is 9.80 Å². The van der Waals surface area contributed by atoms with E-state index in [2.05, 4.69) is 6.58 Å². The summed E-state index contributed by atoms with van der Waals surface area (Å²) >= 11 is 0. The molecule has 0 aromatic heterocycles. The van der Waals surface area contributed by atoms with Crippen molar-refractivity contribution in [2.24, 2.45) is 5.92 Å². The Bertz CT molecular complexity index is 404. The van der Waals surface area contributed by atoms with Crippen molar-refractivity contribution < 1.29 is 24.3 Å². The molecule has 1 atom stereocenters. The van der Waals surface area contributed by atoms with Crippen LogP contribution in [-0.2, 0) is 14.4 Å². The van der Waals surface area contributed by atoms with Gasteiger partial charge in [0.25, 0.3) is 0 Å². The highest BCUT2D eigenvalue weighted by atomic mass is 16.4. The topological polar surface area (TPSA) is 95.0 Å². The van der Waals surface area contributed by atoms with Crippen LogP contribution >= 0.6 is 0 Å². The molecule has 1 aliphatic rings. The molecule has 0 radical (unpaired) electrons. The van der Waals surface area contributed by atoms with E-state index in [9.17, 15) is 19.2 Å². The molecule has 7 heteroatoms. The largest absolute Gasteiger partial charge is 0.481 e. The second kappa shape index (κ2) is 4.77. The number of imide groups is 2. The Hall–Kier alpha value is -2.18. The zero-order chi connectivity index (χ0) is 13.2. The maximum Gasteiger partial charge on any atom is 0.333 e. The van der Waals surface area contributed by atoms with Gasteiger partial charge in [0.15, 0.2) is 0 Å². The van der Waals surface area contributed by atoms with Crippen molar-refractivity contribution in [2.45, 2.75) is 6.42 Å². The Labute approximate surface area is 97.3 Å². The van der Waals surface area contributed by atoms with Crippen molar-refractivity contribution in [3.8, 4) is 0 Å². The molecule has 17 heavy (non-hydrogen) atoms. The Balaban J connectivity index is 3.02. The summed E-state index contributed by atoms with van der Waals surface area (Å²) < 4.78 is 0. The third kappa shape index (κ3) is 2.32. The minimum absolute atomic E-state index is 0.0502. The van der Waals surface area contributed by atoms with Crippen LogP contribution in [-0.4, -0.2) is 52.3 Å². The quantitative estimate of drug-likeness (QED) is 0.537. The lowest BCUT2D eigenvalue weighted by Crippen LogP contribution is -2.58. The van der Waals surface area contributed by atoms with Gasteiger partial charge in [-0.05, 0) is 0 Å². The average Bonchev–Trinajstić information content (AvgIpc) is 2.27. The van der Waals surface area contributed by atoms with Crippen LogP contribution in [0, 0.1) is 5.92 Å². The van der Waals surface area contributed by atoms with Gasteiger partial charge in [-0.25, -0.2) is 4.79 Å². The average molecular weight is 240 g/mol. The molecule has 0 aliphatic carbocycles. The number of carbonyl (C=O) groups excluding carboxylic acids is 3. The van der Waals surface area contributed by atoms with Crippen LogP contribution in [0.3, 0.4) is 0 Å². The number of amides is 4. The first-order valence-corrected chi connectivity index (χ1v) is 4.85. The highest BCUT2D eigenvalue weighted by Crippen LogP contribution is 2.19. The Kier molecular flexibility index (Phi) is 3.62. The lowest BCUT2D eigenvalue weighted by Gasteiger charge is -2.33. The van der Waals surface area contributed by atoms with E-state index in [0.29, 0.717) is 0 Å². The monoisotopic (exact) mass is 240 g/mol. The Morgan fingerprint density at radius 1 is 1.41 bits per heavy atom. The molecule has 1 rings (SSSR count). The second-order valence-electron chi connectivity index (χ2n) is 3.57. The molecular formula is C10H12N2O5. The van der Waals surface area contributed by atoms with Crippen molar-refractivity contribution in [3.63, 3.8) is 0 Å². The summed E-state index contributed by atoms with van der Waals surface area (Å²) in [6.45, 7) is 3.34. The van der Waals surface area contributed by atoms with Gasteiger partial charge in [-0.2, -0.15) is 0 Å². The van der Waals surface area contributed by atoms with Crippen molar-refractivity contribution >= 4 is 23.8 Å². The van der Waals surface area contributed by atoms with Crippen LogP contribution in [0.2, 0.25) is 0 Å². The fraction of sp³-hybridized carbons (Fsp3) is 0.400. The normalized spacial score (nSPS) is 20.8. The second-order valence-corrected chi connectivity index (χ2v) is 3.57. The van der Waals surface area contributed by atoms with Gasteiger partial charge in [-0.1, -0.05) is 6.08 Å². The fourth-order valence-corrected chi connectivity index (χ4v) is 1.54. The molecule has 0 aromatic rings. The minimum Gasteiger partial charge on any atom is -0.481 e. The first-order chi connectivity index (χ1) is 7.90. The molecule has 92 valence electrons. The number of aliphatic carboxylic acids is 1. The summed E-state index contributed by atoms with van der Waals surface area (Å²) in [6, 6.07) is -0.762. The number of hydrogen-bond acceptors (Lipinski definition) is 4. The highest BCUT2D eigenvalue weighted by Gasteiger charge is 2.44. The molecule has 0 saturated carbocycles. The zero-order valence-electron chi connectivity index (χ0n) is 9.25. The third-order valence-corrected chi connectivity index (χ3v) is 2.40. The number of urea groups is 1. The SMILES string of the molecule is C=CCN1C(=O)C(CC(=O)O)C(=O)N(C)C1=O. The number of rotatable bonds is 4. The van der Waals surface area contributed by atoms with Gasteiger partial charge in [0.05, 0.1) is 6.42 Å². The van der Waals surface area contributed by atoms with E-state index in [4.69, 9.17) is 5.11 Å². The summed E-state index contributed by atoms with van der Waals surface area (Å²) in [7, 11) is 1.21. The molecule has 1 N–H and O–H groups in total. The van der Waals surface area contributed by atoms with Crippen LogP contribution in [0.25, 0.3) is 0 Å². The van der Waals surface area contributed by atoms with Crippen LogP contribution in [0.5, 0.6) is 0 Å². The maximum atomic E-state index is 11.8. The molecule has 1 fully saturated rings. The molecule has 1 unspecified atom stereocenters. The van der Waals surface area contributed by atoms with Gasteiger partial charge in [0.1, 0.15) is 5.92 Å². The Morgan fingerprint density at radius 2 is 2.00 bits per heavy atom. The van der Waals surface area contributed by atoms with Gasteiger partial charge in [-0.15, -0.1) is 6.58 Å². The van der Waals surface area contributed by atoms with E-state index < -0.39 is 36.2 Å². The predicted molar refractivity (Wildman–Crippen MR) is 55.8 cm³/mol. The third-order valence-electron chi connectivity index (χ3n) is 2.40. The molecule has 0 bridgehead atoms. The number of hydrogen-bond donors (Lipinski definition) is 1. The molecule has 1 saturated heterocycles. The summed E-state index contributed by atoms with van der Waals surface area (Å²) in [6.07, 6.45) is 0.709. The first kappa shape index (κ1) is 12.9. The molecule has 1 aliphatic heterocycles. The number of barbiturate groups is 1. The number of carboxylic acids is 1. The first-order valence-electron chi connectivity index (χ1n) is 4.85. The van der Waals surface area contributed by atoms with E-state index in [1.807, 2.05) is 0 Å². The van der Waals surface area contributed by atoms with E-state index in [0.717, 1.165) is 9.80 Å². The van der Waals surface area contributed by atoms with E-state index in [1.54, 1.807) is 0 Å². The molecule has 0 spiro atoms. The molecular weight excluding hydrogens is 228 g/mol.